The van der Waals surface area contributed by atoms with Gasteiger partial charge < -0.3 is 9.72 Å². The first kappa shape index (κ1) is 26.7. The number of hydrogen-bond acceptors (Lipinski definition) is 4. The van der Waals surface area contributed by atoms with Gasteiger partial charge in [-0.15, -0.1) is 0 Å². The third-order valence-electron chi connectivity index (χ3n) is 5.93. The van der Waals surface area contributed by atoms with Crippen LogP contribution in [0.4, 0.5) is 0 Å². The van der Waals surface area contributed by atoms with Crippen molar-refractivity contribution in [1.29, 1.82) is 0 Å². The van der Waals surface area contributed by atoms with Crippen molar-refractivity contribution in [3.05, 3.63) is 122 Å². The van der Waals surface area contributed by atoms with Gasteiger partial charge in [0.1, 0.15) is 11.4 Å². The molecule has 39 heavy (non-hydrogen) atoms. The molecule has 6 nitrogen and oxygen atoms in total. The first-order valence-corrected chi connectivity index (χ1v) is 13.3. The summed E-state index contributed by atoms with van der Waals surface area (Å²) in [4.78, 5) is 29.2. The molecule has 0 fully saturated rings. The lowest BCUT2D eigenvalue weighted by atomic mass is 10.0. The maximum absolute atomic E-state index is 13.3. The quantitative estimate of drug-likeness (QED) is 0.0868. The number of nitrogens with zero attached hydrogens (tertiary/aromatic N) is 1. The Bertz CT molecular complexity index is 1760. The average Bonchev–Trinajstić information content (AvgIpc) is 3.29. The molecule has 9 heteroatoms. The molecule has 0 radical (unpaired) electrons. The molecule has 1 aromatic heterocycles. The van der Waals surface area contributed by atoms with Gasteiger partial charge in [-0.2, -0.15) is 5.10 Å². The van der Waals surface area contributed by atoms with E-state index in [1.807, 2.05) is 31.2 Å². The Morgan fingerprint density at radius 3 is 2.59 bits per heavy atom. The van der Waals surface area contributed by atoms with Crippen molar-refractivity contribution in [3.63, 3.8) is 0 Å². The van der Waals surface area contributed by atoms with Gasteiger partial charge in [-0.3, -0.25) is 4.79 Å². The van der Waals surface area contributed by atoms with Gasteiger partial charge in [-0.05, 0) is 61.5 Å². The summed E-state index contributed by atoms with van der Waals surface area (Å²) in [6.45, 7) is 1.90. The maximum Gasteiger partial charge on any atom is 0.343 e. The van der Waals surface area contributed by atoms with Crippen molar-refractivity contribution in [2.45, 2.75) is 6.92 Å². The summed E-state index contributed by atoms with van der Waals surface area (Å²) in [5.74, 6) is -0.692. The molecule has 5 aromatic rings. The maximum atomic E-state index is 13.3. The van der Waals surface area contributed by atoms with E-state index in [1.54, 1.807) is 60.7 Å². The molecule has 1 amide bonds. The first-order chi connectivity index (χ1) is 18.8. The lowest BCUT2D eigenvalue weighted by Gasteiger charge is -2.09. The molecule has 0 bridgehead atoms. The molecule has 0 unspecified atom stereocenters. The molecule has 4 aromatic carbocycles. The van der Waals surface area contributed by atoms with Crippen LogP contribution in [0.15, 0.2) is 94.5 Å². The number of halogens is 3. The third-order valence-corrected chi connectivity index (χ3v) is 6.99. The summed E-state index contributed by atoms with van der Waals surface area (Å²) in [5.41, 5.74) is 6.71. The molecule has 0 saturated carbocycles. The van der Waals surface area contributed by atoms with Crippen LogP contribution in [0, 0.1) is 6.92 Å². The molecule has 0 aliphatic rings. The average molecular weight is 621 g/mol. The van der Waals surface area contributed by atoms with Crippen LogP contribution >= 0.6 is 39.1 Å². The molecule has 0 spiro atoms. The third kappa shape index (κ3) is 5.91. The predicted molar refractivity (Wildman–Crippen MR) is 159 cm³/mol. The van der Waals surface area contributed by atoms with Crippen molar-refractivity contribution in [1.82, 2.24) is 10.4 Å². The van der Waals surface area contributed by atoms with Crippen molar-refractivity contribution in [3.8, 4) is 16.9 Å². The fourth-order valence-corrected chi connectivity index (χ4v) is 4.92. The number of rotatable bonds is 6. The molecule has 0 aliphatic carbocycles. The number of aromatic amines is 1. The highest BCUT2D eigenvalue weighted by atomic mass is 79.9. The minimum atomic E-state index is -0.499. The van der Waals surface area contributed by atoms with Crippen LogP contribution in [0.25, 0.3) is 22.0 Å². The Morgan fingerprint density at radius 1 is 0.974 bits per heavy atom. The number of carbonyl (C=O) groups excluding carboxylic acids is 2. The monoisotopic (exact) mass is 619 g/mol. The number of hydrazone groups is 1. The number of amides is 1. The molecule has 194 valence electrons. The highest BCUT2D eigenvalue weighted by molar-refractivity contribution is 9.10. The zero-order valence-electron chi connectivity index (χ0n) is 20.5. The SMILES string of the molecule is Cc1cccc(C(=O)Oc2ccc(Br)cc2C=NNC(=O)c2[nH]c3ccc(Cl)cc3c2-c2ccccc2Cl)c1. The van der Waals surface area contributed by atoms with Crippen LogP contribution in [0.1, 0.15) is 32.0 Å². The van der Waals surface area contributed by atoms with Crippen LogP contribution in [0.2, 0.25) is 10.0 Å². The zero-order chi connectivity index (χ0) is 27.5. The molecule has 1 heterocycles. The number of carbonyl (C=O) groups is 2. The molecule has 0 aliphatic heterocycles. The van der Waals surface area contributed by atoms with Gasteiger partial charge in [0.15, 0.2) is 0 Å². The van der Waals surface area contributed by atoms with Crippen molar-refractivity contribution in [2.24, 2.45) is 5.10 Å². The van der Waals surface area contributed by atoms with Gasteiger partial charge in [0, 0.05) is 42.1 Å². The number of H-pyrrole nitrogens is 1. The predicted octanol–water partition coefficient (Wildman–Crippen LogP) is 8.20. The number of hydrogen-bond donors (Lipinski definition) is 2. The van der Waals surface area contributed by atoms with E-state index in [2.05, 4.69) is 31.4 Å². The summed E-state index contributed by atoms with van der Waals surface area (Å²) >= 11 is 16.2. The number of aromatic nitrogens is 1. The van der Waals surface area contributed by atoms with E-state index in [9.17, 15) is 9.59 Å². The highest BCUT2D eigenvalue weighted by Crippen LogP contribution is 2.37. The van der Waals surface area contributed by atoms with Gasteiger partial charge in [0.2, 0.25) is 0 Å². The lowest BCUT2D eigenvalue weighted by Crippen LogP contribution is -2.19. The molecule has 0 saturated heterocycles. The van der Waals surface area contributed by atoms with Crippen LogP contribution < -0.4 is 10.2 Å². The second kappa shape index (κ2) is 11.5. The van der Waals surface area contributed by atoms with Crippen molar-refractivity contribution >= 4 is 68.1 Å². The summed E-state index contributed by atoms with van der Waals surface area (Å²) in [5, 5.41) is 5.92. The van der Waals surface area contributed by atoms with Gasteiger partial charge in [0.05, 0.1) is 11.8 Å². The molecule has 0 atom stereocenters. The molecule has 5 rings (SSSR count). The molecular formula is C30H20BrCl2N3O3. The zero-order valence-corrected chi connectivity index (χ0v) is 23.6. The summed E-state index contributed by atoms with van der Waals surface area (Å²) in [6, 6.07) is 24.8. The number of nitrogens with one attached hydrogen (secondary N) is 2. The second-order valence-electron chi connectivity index (χ2n) is 8.69. The number of aryl methyl sites for hydroxylation is 1. The standard InChI is InChI=1S/C30H20BrCl2N3O3/c1-17-5-4-6-18(13-17)30(38)39-26-12-9-20(31)14-19(26)16-34-36-29(37)28-27(22-7-2-3-8-24(22)33)23-15-21(32)10-11-25(23)35-28/h2-16,35H,1H3,(H,36,37). The summed E-state index contributed by atoms with van der Waals surface area (Å²) < 4.78 is 6.38. The van der Waals surface area contributed by atoms with Crippen LogP contribution in [-0.2, 0) is 0 Å². The number of benzene rings is 4. The van der Waals surface area contributed by atoms with Crippen LogP contribution in [0.5, 0.6) is 5.75 Å². The van der Waals surface area contributed by atoms with E-state index >= 15 is 0 Å². The molecule has 2 N–H and O–H groups in total. The van der Waals surface area contributed by atoms with E-state index < -0.39 is 11.9 Å². The second-order valence-corrected chi connectivity index (χ2v) is 10.4. The Hall–Kier alpha value is -3.91. The number of esters is 1. The topological polar surface area (TPSA) is 83.5 Å². The smallest absolute Gasteiger partial charge is 0.343 e. The Labute approximate surface area is 242 Å². The van der Waals surface area contributed by atoms with Crippen molar-refractivity contribution < 1.29 is 14.3 Å². The first-order valence-electron chi connectivity index (χ1n) is 11.8. The Morgan fingerprint density at radius 2 is 1.79 bits per heavy atom. The van der Waals surface area contributed by atoms with Crippen LogP contribution in [0.3, 0.4) is 0 Å². The van der Waals surface area contributed by atoms with E-state index in [0.29, 0.717) is 38.0 Å². The van der Waals surface area contributed by atoms with E-state index in [0.717, 1.165) is 20.9 Å². The summed E-state index contributed by atoms with van der Waals surface area (Å²) in [7, 11) is 0. The minimum absolute atomic E-state index is 0.276. The van der Waals surface area contributed by atoms with E-state index in [4.69, 9.17) is 27.9 Å². The largest absolute Gasteiger partial charge is 0.422 e. The number of fused-ring (bicyclic) bond motifs is 1. The highest BCUT2D eigenvalue weighted by Gasteiger charge is 2.21. The fourth-order valence-electron chi connectivity index (χ4n) is 4.14. The molecular weight excluding hydrogens is 601 g/mol. The van der Waals surface area contributed by atoms with Crippen molar-refractivity contribution in [2.75, 3.05) is 0 Å². The van der Waals surface area contributed by atoms with Gasteiger partial charge in [-0.25, -0.2) is 10.2 Å². The minimum Gasteiger partial charge on any atom is -0.422 e. The lowest BCUT2D eigenvalue weighted by molar-refractivity contribution is 0.0734. The fraction of sp³-hybridized carbons (Fsp3) is 0.0333. The van der Waals surface area contributed by atoms with E-state index in [1.165, 1.54) is 6.21 Å². The normalized spacial score (nSPS) is 11.2. The van der Waals surface area contributed by atoms with Gasteiger partial charge in [-0.1, -0.05) is 75.0 Å². The van der Waals surface area contributed by atoms with E-state index in [-0.39, 0.29) is 5.69 Å². The van der Waals surface area contributed by atoms with Gasteiger partial charge >= 0.3 is 5.97 Å². The summed E-state index contributed by atoms with van der Waals surface area (Å²) in [6.07, 6.45) is 1.41. The van der Waals surface area contributed by atoms with Crippen LogP contribution in [-0.4, -0.2) is 23.1 Å². The number of ether oxygens (including phenoxy) is 1. The van der Waals surface area contributed by atoms with Gasteiger partial charge in [0.25, 0.3) is 5.91 Å². The Balaban J connectivity index is 1.43. The Kier molecular flexibility index (Phi) is 7.84.